The van der Waals surface area contributed by atoms with E-state index in [-0.39, 0.29) is 11.7 Å². The number of carbonyl (C=O) groups excluding carboxylic acids is 1. The molecule has 174 valence electrons. The van der Waals surface area contributed by atoms with Crippen LogP contribution in [0, 0.1) is 24.1 Å². The zero-order valence-corrected chi connectivity index (χ0v) is 19.3. The van der Waals surface area contributed by atoms with E-state index in [1.807, 2.05) is 43.3 Å². The van der Waals surface area contributed by atoms with Crippen molar-refractivity contribution in [3.05, 3.63) is 113 Å². The van der Waals surface area contributed by atoms with Gasteiger partial charge in [0, 0.05) is 31.0 Å². The standard InChI is InChI=1S/C28H24FN5O/c1-19-7-8-24(22(14-19)16-30)26-10-9-25(28(35)33-18-21-5-3-12-31-17-21)27(34-26)32-13-11-20-4-2-6-23(29)15-20/h2-10,12,14-15,17H,11,13,18H2,1H3,(H,32,34)(H,33,35). The molecule has 0 radical (unpaired) electrons. The van der Waals surface area contributed by atoms with Crippen molar-refractivity contribution in [2.24, 2.45) is 0 Å². The van der Waals surface area contributed by atoms with Crippen LogP contribution in [0.1, 0.15) is 32.6 Å². The van der Waals surface area contributed by atoms with Crippen LogP contribution < -0.4 is 10.6 Å². The molecule has 0 bridgehead atoms. The molecule has 0 aliphatic carbocycles. The number of pyridine rings is 2. The molecule has 2 aromatic carbocycles. The molecule has 0 fully saturated rings. The average molecular weight is 466 g/mol. The van der Waals surface area contributed by atoms with E-state index in [4.69, 9.17) is 4.98 Å². The summed E-state index contributed by atoms with van der Waals surface area (Å²) in [5, 5.41) is 15.7. The van der Waals surface area contributed by atoms with Crippen molar-refractivity contribution in [3.63, 3.8) is 0 Å². The maximum atomic E-state index is 13.5. The topological polar surface area (TPSA) is 90.7 Å². The lowest BCUT2D eigenvalue weighted by Gasteiger charge is -2.14. The highest BCUT2D eigenvalue weighted by Crippen LogP contribution is 2.26. The van der Waals surface area contributed by atoms with Crippen LogP contribution in [-0.4, -0.2) is 22.4 Å². The van der Waals surface area contributed by atoms with Gasteiger partial charge >= 0.3 is 0 Å². The Labute approximate surface area is 203 Å². The number of rotatable bonds is 8. The summed E-state index contributed by atoms with van der Waals surface area (Å²) in [7, 11) is 0. The van der Waals surface area contributed by atoms with Gasteiger partial charge in [0.15, 0.2) is 0 Å². The van der Waals surface area contributed by atoms with Gasteiger partial charge in [-0.15, -0.1) is 0 Å². The number of nitriles is 1. The molecule has 2 aromatic heterocycles. The summed E-state index contributed by atoms with van der Waals surface area (Å²) in [5.41, 5.74) is 4.85. The highest BCUT2D eigenvalue weighted by atomic mass is 19.1. The molecule has 4 aromatic rings. The van der Waals surface area contributed by atoms with E-state index in [0.29, 0.717) is 47.7 Å². The smallest absolute Gasteiger partial charge is 0.255 e. The fourth-order valence-electron chi connectivity index (χ4n) is 3.70. The number of halogens is 1. The van der Waals surface area contributed by atoms with Gasteiger partial charge < -0.3 is 10.6 Å². The van der Waals surface area contributed by atoms with Crippen LogP contribution >= 0.6 is 0 Å². The molecule has 0 saturated carbocycles. The Morgan fingerprint density at radius 1 is 1.06 bits per heavy atom. The number of carbonyl (C=O) groups is 1. The number of aryl methyl sites for hydroxylation is 1. The minimum Gasteiger partial charge on any atom is -0.369 e. The Morgan fingerprint density at radius 2 is 1.91 bits per heavy atom. The molecule has 0 saturated heterocycles. The monoisotopic (exact) mass is 465 g/mol. The second kappa shape index (κ2) is 11.0. The predicted octanol–water partition coefficient (Wildman–Crippen LogP) is 5.05. The molecule has 0 spiro atoms. The number of benzene rings is 2. The summed E-state index contributed by atoms with van der Waals surface area (Å²) >= 11 is 0. The molecule has 2 heterocycles. The summed E-state index contributed by atoms with van der Waals surface area (Å²) in [6.07, 6.45) is 3.92. The second-order valence-electron chi connectivity index (χ2n) is 8.10. The molecular formula is C28H24FN5O. The van der Waals surface area contributed by atoms with Gasteiger partial charge in [-0.1, -0.05) is 30.3 Å². The first-order chi connectivity index (χ1) is 17.0. The van der Waals surface area contributed by atoms with Crippen molar-refractivity contribution in [1.82, 2.24) is 15.3 Å². The molecule has 0 aliphatic heterocycles. The molecule has 1 amide bonds. The largest absolute Gasteiger partial charge is 0.369 e. The van der Waals surface area contributed by atoms with E-state index in [2.05, 4.69) is 21.7 Å². The molecule has 6 nitrogen and oxygen atoms in total. The number of aromatic nitrogens is 2. The molecule has 4 rings (SSSR count). The Hall–Kier alpha value is -4.57. The third kappa shape index (κ3) is 6.06. The van der Waals surface area contributed by atoms with Gasteiger partial charge in [-0.05, 0) is 66.4 Å². The van der Waals surface area contributed by atoms with Gasteiger partial charge in [-0.3, -0.25) is 9.78 Å². The maximum Gasteiger partial charge on any atom is 0.255 e. The Balaban J connectivity index is 1.60. The number of hydrogen-bond acceptors (Lipinski definition) is 5. The van der Waals surface area contributed by atoms with Crippen molar-refractivity contribution in [1.29, 1.82) is 5.26 Å². The van der Waals surface area contributed by atoms with Crippen LogP contribution in [0.5, 0.6) is 0 Å². The second-order valence-corrected chi connectivity index (χ2v) is 8.10. The van der Waals surface area contributed by atoms with Gasteiger partial charge in [0.1, 0.15) is 11.6 Å². The molecule has 0 aliphatic rings. The quantitative estimate of drug-likeness (QED) is 0.380. The van der Waals surface area contributed by atoms with Gasteiger partial charge in [0.05, 0.1) is 22.9 Å². The first-order valence-electron chi connectivity index (χ1n) is 11.2. The lowest BCUT2D eigenvalue weighted by molar-refractivity contribution is 0.0951. The number of anilines is 1. The number of amides is 1. The van der Waals surface area contributed by atoms with Gasteiger partial charge in [0.2, 0.25) is 0 Å². The van der Waals surface area contributed by atoms with Crippen LogP contribution in [-0.2, 0) is 13.0 Å². The predicted molar refractivity (Wildman–Crippen MR) is 133 cm³/mol. The molecular weight excluding hydrogens is 441 g/mol. The van der Waals surface area contributed by atoms with E-state index in [1.54, 1.807) is 30.6 Å². The highest BCUT2D eigenvalue weighted by molar-refractivity contribution is 5.99. The van der Waals surface area contributed by atoms with E-state index < -0.39 is 0 Å². The van der Waals surface area contributed by atoms with E-state index >= 15 is 0 Å². The van der Waals surface area contributed by atoms with Crippen LogP contribution in [0.25, 0.3) is 11.3 Å². The zero-order valence-electron chi connectivity index (χ0n) is 19.3. The summed E-state index contributed by atoms with van der Waals surface area (Å²) in [5.74, 6) is -0.181. The molecule has 7 heteroatoms. The van der Waals surface area contributed by atoms with Gasteiger partial charge in [0.25, 0.3) is 5.91 Å². The molecule has 0 unspecified atom stereocenters. The Kier molecular flexibility index (Phi) is 7.44. The fourth-order valence-corrected chi connectivity index (χ4v) is 3.70. The SMILES string of the molecule is Cc1ccc(-c2ccc(C(=O)NCc3cccnc3)c(NCCc3cccc(F)c3)n2)c(C#N)c1. The number of nitrogens with zero attached hydrogens (tertiary/aromatic N) is 3. The van der Waals surface area contributed by atoms with Crippen molar-refractivity contribution in [3.8, 4) is 17.3 Å². The minimum atomic E-state index is -0.290. The number of nitrogens with one attached hydrogen (secondary N) is 2. The van der Waals surface area contributed by atoms with E-state index in [1.165, 1.54) is 12.1 Å². The Morgan fingerprint density at radius 3 is 2.69 bits per heavy atom. The zero-order chi connectivity index (χ0) is 24.6. The summed E-state index contributed by atoms with van der Waals surface area (Å²) in [6.45, 7) is 2.70. The Bertz CT molecular complexity index is 1380. The summed E-state index contributed by atoms with van der Waals surface area (Å²) < 4.78 is 13.5. The highest BCUT2D eigenvalue weighted by Gasteiger charge is 2.16. The number of hydrogen-bond donors (Lipinski definition) is 2. The van der Waals surface area contributed by atoms with Crippen molar-refractivity contribution >= 4 is 11.7 Å². The fraction of sp³-hybridized carbons (Fsp3) is 0.143. The summed E-state index contributed by atoms with van der Waals surface area (Å²) in [4.78, 5) is 21.8. The normalized spacial score (nSPS) is 10.4. The lowest BCUT2D eigenvalue weighted by Crippen LogP contribution is -2.25. The van der Waals surface area contributed by atoms with Crippen molar-refractivity contribution in [2.45, 2.75) is 19.9 Å². The van der Waals surface area contributed by atoms with Gasteiger partial charge in [-0.25, -0.2) is 9.37 Å². The average Bonchev–Trinajstić information content (AvgIpc) is 2.88. The van der Waals surface area contributed by atoms with E-state index in [0.717, 1.165) is 16.7 Å². The maximum absolute atomic E-state index is 13.5. The molecule has 35 heavy (non-hydrogen) atoms. The van der Waals surface area contributed by atoms with Crippen molar-refractivity contribution in [2.75, 3.05) is 11.9 Å². The summed E-state index contributed by atoms with van der Waals surface area (Å²) in [6, 6.07) is 21.3. The first-order valence-corrected chi connectivity index (χ1v) is 11.2. The first kappa shape index (κ1) is 23.6. The molecule has 0 atom stereocenters. The third-order valence-corrected chi connectivity index (χ3v) is 5.48. The van der Waals surface area contributed by atoms with Crippen molar-refractivity contribution < 1.29 is 9.18 Å². The van der Waals surface area contributed by atoms with Crippen LogP contribution in [0.2, 0.25) is 0 Å². The van der Waals surface area contributed by atoms with Crippen LogP contribution in [0.4, 0.5) is 10.2 Å². The van der Waals surface area contributed by atoms with Gasteiger partial charge in [-0.2, -0.15) is 5.26 Å². The van der Waals surface area contributed by atoms with E-state index in [9.17, 15) is 14.4 Å². The molecule has 2 N–H and O–H groups in total. The minimum absolute atomic E-state index is 0.287. The lowest BCUT2D eigenvalue weighted by atomic mass is 10.0. The third-order valence-electron chi connectivity index (χ3n) is 5.48. The van der Waals surface area contributed by atoms with Crippen LogP contribution in [0.15, 0.2) is 79.1 Å². The van der Waals surface area contributed by atoms with Crippen LogP contribution in [0.3, 0.4) is 0 Å².